The van der Waals surface area contributed by atoms with E-state index < -0.39 is 0 Å². The molecule has 0 bridgehead atoms. The molecule has 2 aliphatic heterocycles. The Balaban J connectivity index is 0.00000132. The van der Waals surface area contributed by atoms with Crippen molar-refractivity contribution in [2.24, 2.45) is 5.92 Å². The fourth-order valence-corrected chi connectivity index (χ4v) is 3.49. The van der Waals surface area contributed by atoms with Gasteiger partial charge in [-0.15, -0.1) is 24.8 Å². The Kier molecular flexibility index (Phi) is 10.2. The minimum atomic E-state index is 0. The molecule has 132 valence electrons. The van der Waals surface area contributed by atoms with Crippen LogP contribution in [0.4, 0.5) is 0 Å². The molecule has 0 aromatic heterocycles. The summed E-state index contributed by atoms with van der Waals surface area (Å²) in [6.45, 7) is 6.87. The standard InChI is InChI=1S/C18H28N2O.2ClH/c1-2-5-16(6-3-1)15-21-18-8-11-20(12-9-18)14-17-7-4-10-19-13-17;;/h1-3,5-6,17-19H,4,7-15H2;2*1H. The Labute approximate surface area is 153 Å². The van der Waals surface area contributed by atoms with Crippen molar-refractivity contribution in [1.29, 1.82) is 0 Å². The van der Waals surface area contributed by atoms with E-state index in [0.29, 0.717) is 6.10 Å². The predicted molar refractivity (Wildman–Crippen MR) is 101 cm³/mol. The maximum Gasteiger partial charge on any atom is 0.0720 e. The third kappa shape index (κ3) is 6.98. The first-order chi connectivity index (χ1) is 10.4. The second-order valence-corrected chi connectivity index (χ2v) is 6.51. The molecule has 23 heavy (non-hydrogen) atoms. The van der Waals surface area contributed by atoms with Crippen LogP contribution in [0.3, 0.4) is 0 Å². The molecular weight excluding hydrogens is 331 g/mol. The van der Waals surface area contributed by atoms with E-state index in [1.807, 2.05) is 0 Å². The van der Waals surface area contributed by atoms with Crippen molar-refractivity contribution in [2.75, 3.05) is 32.7 Å². The summed E-state index contributed by atoms with van der Waals surface area (Å²) in [6.07, 6.45) is 5.57. The lowest BCUT2D eigenvalue weighted by Crippen LogP contribution is -2.43. The molecule has 2 heterocycles. The maximum absolute atomic E-state index is 6.07. The topological polar surface area (TPSA) is 24.5 Å². The highest BCUT2D eigenvalue weighted by Gasteiger charge is 2.22. The summed E-state index contributed by atoms with van der Waals surface area (Å²) < 4.78 is 6.07. The van der Waals surface area contributed by atoms with Crippen LogP contribution in [0, 0.1) is 5.92 Å². The predicted octanol–water partition coefficient (Wildman–Crippen LogP) is 3.51. The van der Waals surface area contributed by atoms with Crippen LogP contribution in [-0.2, 0) is 11.3 Å². The van der Waals surface area contributed by atoms with Gasteiger partial charge < -0.3 is 15.0 Å². The molecule has 5 heteroatoms. The third-order valence-corrected chi connectivity index (χ3v) is 4.78. The van der Waals surface area contributed by atoms with E-state index in [1.54, 1.807) is 0 Å². The SMILES string of the molecule is Cl.Cl.c1ccc(COC2CCN(CC3CCCNC3)CC2)cc1. The molecule has 0 saturated carbocycles. The normalized spacial score (nSPS) is 22.9. The Morgan fingerprint density at radius 2 is 1.78 bits per heavy atom. The Hall–Kier alpha value is -0.320. The summed E-state index contributed by atoms with van der Waals surface area (Å²) in [7, 11) is 0. The van der Waals surface area contributed by atoms with Crippen molar-refractivity contribution in [3.05, 3.63) is 35.9 Å². The highest BCUT2D eigenvalue weighted by molar-refractivity contribution is 5.85. The van der Waals surface area contributed by atoms with Crippen molar-refractivity contribution in [3.8, 4) is 0 Å². The Morgan fingerprint density at radius 3 is 2.43 bits per heavy atom. The number of likely N-dealkylation sites (tertiary alicyclic amines) is 1. The zero-order chi connectivity index (χ0) is 14.3. The first kappa shape index (κ1) is 20.7. The average Bonchev–Trinajstić information content (AvgIpc) is 2.56. The number of rotatable bonds is 5. The molecule has 0 spiro atoms. The van der Waals surface area contributed by atoms with E-state index in [2.05, 4.69) is 40.5 Å². The third-order valence-electron chi connectivity index (χ3n) is 4.78. The first-order valence-electron chi connectivity index (χ1n) is 8.49. The number of ether oxygens (including phenoxy) is 1. The van der Waals surface area contributed by atoms with Gasteiger partial charge in [-0.2, -0.15) is 0 Å². The van der Waals surface area contributed by atoms with Gasteiger partial charge in [-0.3, -0.25) is 0 Å². The summed E-state index contributed by atoms with van der Waals surface area (Å²) in [5, 5.41) is 3.52. The van der Waals surface area contributed by atoms with Crippen molar-refractivity contribution in [1.82, 2.24) is 10.2 Å². The van der Waals surface area contributed by atoms with Gasteiger partial charge in [0, 0.05) is 19.6 Å². The number of halogens is 2. The van der Waals surface area contributed by atoms with Crippen molar-refractivity contribution in [3.63, 3.8) is 0 Å². The molecule has 1 atom stereocenters. The minimum Gasteiger partial charge on any atom is -0.373 e. The molecular formula is C18H30Cl2N2O. The highest BCUT2D eigenvalue weighted by atomic mass is 35.5. The van der Waals surface area contributed by atoms with Crippen LogP contribution < -0.4 is 5.32 Å². The molecule has 2 aliphatic rings. The second-order valence-electron chi connectivity index (χ2n) is 6.51. The van der Waals surface area contributed by atoms with Gasteiger partial charge in [-0.25, -0.2) is 0 Å². The smallest absolute Gasteiger partial charge is 0.0720 e. The fourth-order valence-electron chi connectivity index (χ4n) is 3.49. The van der Waals surface area contributed by atoms with E-state index >= 15 is 0 Å². The number of nitrogens with one attached hydrogen (secondary N) is 1. The molecule has 3 nitrogen and oxygen atoms in total. The van der Waals surface area contributed by atoms with Crippen LogP contribution in [-0.4, -0.2) is 43.7 Å². The Morgan fingerprint density at radius 1 is 1.04 bits per heavy atom. The van der Waals surface area contributed by atoms with Crippen molar-refractivity contribution in [2.45, 2.75) is 38.4 Å². The molecule has 1 N–H and O–H groups in total. The average molecular weight is 361 g/mol. The largest absolute Gasteiger partial charge is 0.373 e. The van der Waals surface area contributed by atoms with Gasteiger partial charge in [-0.1, -0.05) is 30.3 Å². The zero-order valence-corrected chi connectivity index (χ0v) is 15.4. The summed E-state index contributed by atoms with van der Waals surface area (Å²) in [6, 6.07) is 10.5. The van der Waals surface area contributed by atoms with Crippen molar-refractivity contribution < 1.29 is 4.74 Å². The van der Waals surface area contributed by atoms with E-state index in [1.165, 1.54) is 64.0 Å². The monoisotopic (exact) mass is 360 g/mol. The number of benzene rings is 1. The molecule has 0 radical (unpaired) electrons. The zero-order valence-electron chi connectivity index (χ0n) is 13.8. The molecule has 2 fully saturated rings. The number of nitrogens with zero attached hydrogens (tertiary/aromatic N) is 1. The molecule has 3 rings (SSSR count). The molecule has 0 aliphatic carbocycles. The van der Waals surface area contributed by atoms with Crippen LogP contribution in [0.15, 0.2) is 30.3 Å². The van der Waals surface area contributed by atoms with Gasteiger partial charge in [0.25, 0.3) is 0 Å². The number of hydrogen-bond acceptors (Lipinski definition) is 3. The lowest BCUT2D eigenvalue weighted by atomic mass is 9.97. The summed E-state index contributed by atoms with van der Waals surface area (Å²) in [5.74, 6) is 0.862. The van der Waals surface area contributed by atoms with Crippen LogP contribution in [0.2, 0.25) is 0 Å². The van der Waals surface area contributed by atoms with Crippen LogP contribution in [0.1, 0.15) is 31.2 Å². The highest BCUT2D eigenvalue weighted by Crippen LogP contribution is 2.19. The Bertz CT molecular complexity index is 405. The summed E-state index contributed by atoms with van der Waals surface area (Å²) in [5.41, 5.74) is 1.29. The first-order valence-corrected chi connectivity index (χ1v) is 8.49. The van der Waals surface area contributed by atoms with Gasteiger partial charge in [0.2, 0.25) is 0 Å². The maximum atomic E-state index is 6.07. The van der Waals surface area contributed by atoms with E-state index in [-0.39, 0.29) is 24.8 Å². The van der Waals surface area contributed by atoms with Crippen LogP contribution in [0.25, 0.3) is 0 Å². The molecule has 1 aromatic carbocycles. The molecule has 0 amide bonds. The van der Waals surface area contributed by atoms with Crippen LogP contribution >= 0.6 is 24.8 Å². The van der Waals surface area contributed by atoms with Crippen molar-refractivity contribution >= 4 is 24.8 Å². The fraction of sp³-hybridized carbons (Fsp3) is 0.667. The van der Waals surface area contributed by atoms with E-state index in [9.17, 15) is 0 Å². The summed E-state index contributed by atoms with van der Waals surface area (Å²) >= 11 is 0. The summed E-state index contributed by atoms with van der Waals surface area (Å²) in [4.78, 5) is 2.64. The van der Waals surface area contributed by atoms with Gasteiger partial charge >= 0.3 is 0 Å². The van der Waals surface area contributed by atoms with E-state index in [0.717, 1.165) is 12.5 Å². The lowest BCUT2D eigenvalue weighted by Gasteiger charge is -2.35. The van der Waals surface area contributed by atoms with E-state index in [4.69, 9.17) is 4.74 Å². The van der Waals surface area contributed by atoms with Gasteiger partial charge in [0.05, 0.1) is 12.7 Å². The quantitative estimate of drug-likeness (QED) is 0.869. The minimum absolute atomic E-state index is 0. The number of piperidine rings is 2. The van der Waals surface area contributed by atoms with Gasteiger partial charge in [-0.05, 0) is 50.3 Å². The number of hydrogen-bond donors (Lipinski definition) is 1. The molecule has 1 unspecified atom stereocenters. The van der Waals surface area contributed by atoms with Gasteiger partial charge in [0.15, 0.2) is 0 Å². The molecule has 1 aromatic rings. The molecule has 2 saturated heterocycles. The van der Waals surface area contributed by atoms with Gasteiger partial charge in [0.1, 0.15) is 0 Å². The second kappa shape index (κ2) is 11.3. The lowest BCUT2D eigenvalue weighted by molar-refractivity contribution is -0.00560. The van der Waals surface area contributed by atoms with Crippen LogP contribution in [0.5, 0.6) is 0 Å².